The molecule has 0 saturated carbocycles. The van der Waals surface area contributed by atoms with Crippen LogP contribution in [0.4, 0.5) is 28.0 Å². The predicted octanol–water partition coefficient (Wildman–Crippen LogP) is 5.36. The smallest absolute Gasteiger partial charge is 0.480 e. The van der Waals surface area contributed by atoms with Crippen LogP contribution in [0.15, 0.2) is 41.3 Å². The lowest BCUT2D eigenvalue weighted by Gasteiger charge is -2.27. The van der Waals surface area contributed by atoms with Crippen LogP contribution in [0.3, 0.4) is 0 Å². The molecular formula is C22H22F4N2O4S. The summed E-state index contributed by atoms with van der Waals surface area (Å²) < 4.78 is 53.9. The third kappa shape index (κ3) is 6.77. The van der Waals surface area contributed by atoms with Gasteiger partial charge in [-0.3, -0.25) is 4.79 Å². The molecule has 3 rings (SSSR count). The number of nitrogens with one attached hydrogen (secondary N) is 2. The largest absolute Gasteiger partial charge is 0.573 e. The highest BCUT2D eigenvalue weighted by atomic mass is 32.2. The van der Waals surface area contributed by atoms with Crippen molar-refractivity contribution < 1.29 is 37.0 Å². The average molecular weight is 486 g/mol. The van der Waals surface area contributed by atoms with Crippen LogP contribution < -0.4 is 15.4 Å². The molecule has 1 unspecified atom stereocenters. The number of halogens is 4. The van der Waals surface area contributed by atoms with Crippen LogP contribution in [0.5, 0.6) is 5.75 Å². The molecule has 6 nitrogen and oxygen atoms in total. The van der Waals surface area contributed by atoms with E-state index >= 15 is 0 Å². The highest BCUT2D eigenvalue weighted by Crippen LogP contribution is 2.37. The van der Waals surface area contributed by atoms with E-state index in [9.17, 15) is 32.3 Å². The first-order valence-electron chi connectivity index (χ1n) is 9.99. The number of carbonyl (C=O) groups excluding carboxylic acids is 1. The molecule has 0 radical (unpaired) electrons. The Balaban J connectivity index is 1.59. The van der Waals surface area contributed by atoms with Gasteiger partial charge in [-0.15, -0.1) is 24.9 Å². The number of thioether (sulfide) groups is 1. The molecule has 1 aliphatic carbocycles. The number of aryl methyl sites for hydroxylation is 1. The van der Waals surface area contributed by atoms with Crippen LogP contribution in [0, 0.1) is 5.82 Å². The molecule has 178 valence electrons. The van der Waals surface area contributed by atoms with Gasteiger partial charge < -0.3 is 20.5 Å². The topological polar surface area (TPSA) is 87.7 Å². The number of urea groups is 1. The minimum absolute atomic E-state index is 0.265. The number of rotatable bonds is 6. The summed E-state index contributed by atoms with van der Waals surface area (Å²) in [7, 11) is 0. The zero-order chi connectivity index (χ0) is 24.4. The first-order valence-corrected chi connectivity index (χ1v) is 10.8. The summed E-state index contributed by atoms with van der Waals surface area (Å²) in [5.41, 5.74) is 1.92. The average Bonchev–Trinajstić information content (AvgIpc) is 2.69. The number of alkyl halides is 3. The third-order valence-corrected chi connectivity index (χ3v) is 6.26. The number of hydrogen-bond acceptors (Lipinski definition) is 4. The highest BCUT2D eigenvalue weighted by molar-refractivity contribution is 8.01. The van der Waals surface area contributed by atoms with Gasteiger partial charge in [-0.05, 0) is 80.6 Å². The SMILES string of the molecule is CC(C)(Sc1cc2c(cc1F)CC(NC(=O)Nc1ccc(OC(F)(F)F)cc1)CC2)C(=O)O. The Bertz CT molecular complexity index is 1040. The lowest BCUT2D eigenvalue weighted by Crippen LogP contribution is -2.41. The molecule has 33 heavy (non-hydrogen) atoms. The van der Waals surface area contributed by atoms with Gasteiger partial charge in [-0.1, -0.05) is 0 Å². The van der Waals surface area contributed by atoms with E-state index in [1.165, 1.54) is 32.0 Å². The van der Waals surface area contributed by atoms with Gasteiger partial charge in [-0.25, -0.2) is 9.18 Å². The van der Waals surface area contributed by atoms with E-state index in [-0.39, 0.29) is 16.6 Å². The summed E-state index contributed by atoms with van der Waals surface area (Å²) in [6.45, 7) is 3.02. The van der Waals surface area contributed by atoms with Crippen LogP contribution in [0.25, 0.3) is 0 Å². The van der Waals surface area contributed by atoms with Crippen LogP contribution in [0.2, 0.25) is 0 Å². The number of carboxylic acids is 1. The maximum Gasteiger partial charge on any atom is 0.573 e. The Labute approximate surface area is 191 Å². The second kappa shape index (κ2) is 9.50. The van der Waals surface area contributed by atoms with E-state index in [0.717, 1.165) is 35.0 Å². The van der Waals surface area contributed by atoms with Crippen LogP contribution in [-0.4, -0.2) is 34.3 Å². The summed E-state index contributed by atoms with van der Waals surface area (Å²) in [4.78, 5) is 23.9. The predicted molar refractivity (Wildman–Crippen MR) is 115 cm³/mol. The number of benzene rings is 2. The van der Waals surface area contributed by atoms with E-state index in [1.54, 1.807) is 6.07 Å². The minimum atomic E-state index is -4.80. The molecule has 1 atom stereocenters. The number of hydrogen-bond donors (Lipinski definition) is 3. The fourth-order valence-electron chi connectivity index (χ4n) is 3.37. The Morgan fingerprint density at radius 1 is 1.12 bits per heavy atom. The summed E-state index contributed by atoms with van der Waals surface area (Å²) in [5.74, 6) is -1.95. The minimum Gasteiger partial charge on any atom is -0.480 e. The van der Waals surface area contributed by atoms with Crippen molar-refractivity contribution in [2.24, 2.45) is 0 Å². The summed E-state index contributed by atoms with van der Waals surface area (Å²) >= 11 is 0.944. The van der Waals surface area contributed by atoms with Gasteiger partial charge in [-0.2, -0.15) is 0 Å². The van der Waals surface area contributed by atoms with E-state index in [4.69, 9.17) is 0 Å². The van der Waals surface area contributed by atoms with Crippen LogP contribution >= 0.6 is 11.8 Å². The molecular weight excluding hydrogens is 464 g/mol. The first kappa shape index (κ1) is 24.7. The molecule has 2 amide bonds. The molecule has 0 saturated heterocycles. The molecule has 2 aromatic carbocycles. The van der Waals surface area contributed by atoms with Gasteiger partial charge in [0.05, 0.1) is 0 Å². The van der Waals surface area contributed by atoms with Gasteiger partial charge >= 0.3 is 18.4 Å². The Hall–Kier alpha value is -2.95. The molecule has 0 aromatic heterocycles. The van der Waals surface area contributed by atoms with E-state index in [0.29, 0.717) is 19.3 Å². The number of aliphatic carboxylic acids is 1. The number of carboxylic acid groups (broad SMARTS) is 1. The number of anilines is 1. The van der Waals surface area contributed by atoms with Crippen molar-refractivity contribution in [2.75, 3.05) is 5.32 Å². The normalized spacial score (nSPS) is 16.0. The number of fused-ring (bicyclic) bond motifs is 1. The third-order valence-electron chi connectivity index (χ3n) is 5.04. The molecule has 0 spiro atoms. The van der Waals surface area contributed by atoms with Crippen molar-refractivity contribution in [3.63, 3.8) is 0 Å². The zero-order valence-corrected chi connectivity index (χ0v) is 18.6. The molecule has 0 aliphatic heterocycles. The summed E-state index contributed by atoms with van der Waals surface area (Å²) in [6, 6.07) is 6.98. The van der Waals surface area contributed by atoms with Crippen molar-refractivity contribution in [3.8, 4) is 5.75 Å². The van der Waals surface area contributed by atoms with E-state index < -0.39 is 34.7 Å². The van der Waals surface area contributed by atoms with Crippen LogP contribution in [-0.2, 0) is 17.6 Å². The molecule has 0 heterocycles. The molecule has 3 N–H and O–H groups in total. The quantitative estimate of drug-likeness (QED) is 0.378. The van der Waals surface area contributed by atoms with Gasteiger partial charge in [0, 0.05) is 16.6 Å². The monoisotopic (exact) mass is 486 g/mol. The van der Waals surface area contributed by atoms with Crippen LogP contribution in [0.1, 0.15) is 31.4 Å². The number of ether oxygens (including phenoxy) is 1. The Morgan fingerprint density at radius 3 is 2.39 bits per heavy atom. The standard InChI is InChI=1S/C22H22F4N2O4S/c1-21(2,19(29)30)33-18-11-12-3-4-15(9-13(12)10-17(18)23)28-20(31)27-14-5-7-16(8-6-14)32-22(24,25)26/h5-8,10-11,15H,3-4,9H2,1-2H3,(H,29,30)(H2,27,28,31). The highest BCUT2D eigenvalue weighted by Gasteiger charge is 2.32. The second-order valence-corrected chi connectivity index (χ2v) is 9.74. The van der Waals surface area contributed by atoms with Gasteiger partial charge in [0.15, 0.2) is 0 Å². The maximum atomic E-state index is 14.6. The van der Waals surface area contributed by atoms with E-state index in [2.05, 4.69) is 15.4 Å². The van der Waals surface area contributed by atoms with Gasteiger partial charge in [0.2, 0.25) is 0 Å². The van der Waals surface area contributed by atoms with Gasteiger partial charge in [0.25, 0.3) is 0 Å². The van der Waals surface area contributed by atoms with Crippen molar-refractivity contribution in [2.45, 2.75) is 55.2 Å². The molecule has 2 aromatic rings. The van der Waals surface area contributed by atoms with E-state index in [1.807, 2.05) is 0 Å². The van der Waals surface area contributed by atoms with Crippen molar-refractivity contribution in [1.82, 2.24) is 5.32 Å². The second-order valence-electron chi connectivity index (χ2n) is 8.08. The summed E-state index contributed by atoms with van der Waals surface area (Å²) in [5, 5.41) is 14.6. The van der Waals surface area contributed by atoms with Gasteiger partial charge in [0.1, 0.15) is 16.3 Å². The number of amides is 2. The zero-order valence-electron chi connectivity index (χ0n) is 17.8. The first-order chi connectivity index (χ1) is 15.3. The molecule has 0 bridgehead atoms. The molecule has 1 aliphatic rings. The fraction of sp³-hybridized carbons (Fsp3) is 0.364. The molecule has 11 heteroatoms. The Morgan fingerprint density at radius 2 is 1.79 bits per heavy atom. The maximum absolute atomic E-state index is 14.6. The van der Waals surface area contributed by atoms with Crippen molar-refractivity contribution in [3.05, 3.63) is 53.3 Å². The lowest BCUT2D eigenvalue weighted by molar-refractivity contribution is -0.274. The number of carbonyl (C=O) groups is 2. The molecule has 0 fully saturated rings. The lowest BCUT2D eigenvalue weighted by atomic mass is 9.88. The Kier molecular flexibility index (Phi) is 7.11. The van der Waals surface area contributed by atoms with Crippen molar-refractivity contribution in [1.29, 1.82) is 0 Å². The summed E-state index contributed by atoms with van der Waals surface area (Å²) in [6.07, 6.45) is -3.23. The fourth-order valence-corrected chi connectivity index (χ4v) is 4.36. The van der Waals surface area contributed by atoms with Crippen molar-refractivity contribution >= 4 is 29.4 Å².